The molecule has 1 saturated heterocycles. The number of H-pyrrole nitrogens is 1. The second-order valence-electron chi connectivity index (χ2n) is 7.36. The summed E-state index contributed by atoms with van der Waals surface area (Å²) in [5.74, 6) is 0.727. The molecule has 1 aromatic carbocycles. The van der Waals surface area contributed by atoms with E-state index in [1.54, 1.807) is 0 Å². The van der Waals surface area contributed by atoms with Crippen molar-refractivity contribution in [1.82, 2.24) is 15.2 Å². The first-order chi connectivity index (χ1) is 12.1. The number of likely N-dealkylation sites (tertiary alicyclic amines) is 1. The zero-order valence-corrected chi connectivity index (χ0v) is 14.7. The van der Waals surface area contributed by atoms with E-state index in [4.69, 9.17) is 0 Å². The Labute approximate surface area is 147 Å². The van der Waals surface area contributed by atoms with Gasteiger partial charge in [-0.3, -0.25) is 9.59 Å². The number of aromatic nitrogens is 1. The number of hydrogen-bond donors (Lipinski definition) is 2. The van der Waals surface area contributed by atoms with Gasteiger partial charge in [-0.15, -0.1) is 0 Å². The maximum Gasteiger partial charge on any atom is 0.241 e. The van der Waals surface area contributed by atoms with Gasteiger partial charge >= 0.3 is 0 Å². The summed E-state index contributed by atoms with van der Waals surface area (Å²) in [6.07, 6.45) is 3.89. The topological polar surface area (TPSA) is 65.2 Å². The summed E-state index contributed by atoms with van der Waals surface area (Å²) in [4.78, 5) is 29.4. The number of aryl methyl sites for hydroxylation is 1. The minimum absolute atomic E-state index is 0.0395. The molecule has 5 heteroatoms. The molecule has 5 nitrogen and oxygen atoms in total. The first-order valence-corrected chi connectivity index (χ1v) is 9.26. The number of carbonyl (C=O) groups excluding carboxylic acids is 2. The van der Waals surface area contributed by atoms with Crippen molar-refractivity contribution in [3.63, 3.8) is 0 Å². The van der Waals surface area contributed by atoms with Crippen LogP contribution < -0.4 is 5.32 Å². The average Bonchev–Trinajstić information content (AvgIpc) is 3.42. The van der Waals surface area contributed by atoms with Gasteiger partial charge in [0.2, 0.25) is 11.8 Å². The lowest BCUT2D eigenvalue weighted by Crippen LogP contribution is -2.44. The summed E-state index contributed by atoms with van der Waals surface area (Å²) in [5.41, 5.74) is 3.84. The van der Waals surface area contributed by atoms with Crippen molar-refractivity contribution in [3.8, 4) is 0 Å². The van der Waals surface area contributed by atoms with Crippen molar-refractivity contribution in [2.24, 2.45) is 5.92 Å². The van der Waals surface area contributed by atoms with Crippen molar-refractivity contribution in [2.75, 3.05) is 19.6 Å². The molecule has 0 spiro atoms. The van der Waals surface area contributed by atoms with Crippen molar-refractivity contribution >= 4 is 22.7 Å². The Morgan fingerprint density at radius 3 is 2.60 bits per heavy atom. The molecule has 0 bridgehead atoms. The highest BCUT2D eigenvalue weighted by Gasteiger charge is 2.31. The predicted octanol–water partition coefficient (Wildman–Crippen LogP) is 2.71. The number of benzene rings is 1. The van der Waals surface area contributed by atoms with Crippen LogP contribution in [0.15, 0.2) is 24.3 Å². The summed E-state index contributed by atoms with van der Waals surface area (Å²) >= 11 is 0. The summed E-state index contributed by atoms with van der Waals surface area (Å²) in [6.45, 7) is 3.82. The van der Waals surface area contributed by atoms with Crippen LogP contribution in [0.4, 0.5) is 0 Å². The van der Waals surface area contributed by atoms with Crippen LogP contribution in [0.1, 0.15) is 42.9 Å². The molecule has 0 atom stereocenters. The van der Waals surface area contributed by atoms with Gasteiger partial charge in [0.15, 0.2) is 0 Å². The van der Waals surface area contributed by atoms with E-state index in [0.29, 0.717) is 5.92 Å². The number of para-hydroxylation sites is 1. The zero-order valence-electron chi connectivity index (χ0n) is 14.7. The van der Waals surface area contributed by atoms with E-state index in [1.807, 2.05) is 4.90 Å². The van der Waals surface area contributed by atoms with Crippen LogP contribution in [0, 0.1) is 12.8 Å². The lowest BCUT2D eigenvalue weighted by molar-refractivity contribution is -0.134. The number of nitrogens with one attached hydrogen (secondary N) is 2. The fourth-order valence-electron chi connectivity index (χ4n) is 4.01. The first kappa shape index (κ1) is 16.2. The van der Waals surface area contributed by atoms with Crippen molar-refractivity contribution in [3.05, 3.63) is 35.5 Å². The fourth-order valence-corrected chi connectivity index (χ4v) is 4.01. The molecule has 1 saturated carbocycles. The fraction of sp³-hybridized carbons (Fsp3) is 0.500. The molecule has 2 aromatic rings. The summed E-state index contributed by atoms with van der Waals surface area (Å²) in [5, 5.41) is 4.09. The molecule has 2 fully saturated rings. The predicted molar refractivity (Wildman–Crippen MR) is 97.3 cm³/mol. The van der Waals surface area contributed by atoms with E-state index in [-0.39, 0.29) is 24.3 Å². The zero-order chi connectivity index (χ0) is 17.4. The molecule has 0 unspecified atom stereocenters. The number of amides is 2. The van der Waals surface area contributed by atoms with E-state index in [1.165, 1.54) is 22.2 Å². The first-order valence-electron chi connectivity index (χ1n) is 9.26. The van der Waals surface area contributed by atoms with Gasteiger partial charge in [0, 0.05) is 35.6 Å². The summed E-state index contributed by atoms with van der Waals surface area (Å²) in [6, 6.07) is 8.44. The van der Waals surface area contributed by atoms with Gasteiger partial charge in [0.25, 0.3) is 0 Å². The lowest BCUT2D eigenvalue weighted by Gasteiger charge is -2.32. The Hall–Kier alpha value is -2.30. The van der Waals surface area contributed by atoms with Crippen molar-refractivity contribution in [1.29, 1.82) is 0 Å². The second-order valence-corrected chi connectivity index (χ2v) is 7.36. The highest BCUT2D eigenvalue weighted by atomic mass is 16.2. The minimum Gasteiger partial charge on any atom is -0.358 e. The largest absolute Gasteiger partial charge is 0.358 e. The van der Waals surface area contributed by atoms with Crippen LogP contribution in [0.5, 0.6) is 0 Å². The van der Waals surface area contributed by atoms with Gasteiger partial charge in [0.1, 0.15) is 0 Å². The molecule has 4 rings (SSSR count). The minimum atomic E-state index is 0.0395. The van der Waals surface area contributed by atoms with E-state index in [9.17, 15) is 9.59 Å². The highest BCUT2D eigenvalue weighted by molar-refractivity contribution is 5.87. The van der Waals surface area contributed by atoms with Crippen LogP contribution in [0.2, 0.25) is 0 Å². The number of fused-ring (bicyclic) bond motifs is 1. The van der Waals surface area contributed by atoms with Gasteiger partial charge < -0.3 is 15.2 Å². The van der Waals surface area contributed by atoms with E-state index in [2.05, 4.69) is 41.5 Å². The molecule has 1 aliphatic heterocycles. The Morgan fingerprint density at radius 2 is 1.88 bits per heavy atom. The van der Waals surface area contributed by atoms with E-state index in [0.717, 1.165) is 38.8 Å². The average molecular weight is 339 g/mol. The van der Waals surface area contributed by atoms with Gasteiger partial charge in [-0.05, 0) is 50.2 Å². The number of nitrogens with zero attached hydrogens (tertiary/aromatic N) is 1. The Kier molecular flexibility index (Phi) is 4.24. The van der Waals surface area contributed by atoms with Crippen LogP contribution in [-0.2, 0) is 9.59 Å². The van der Waals surface area contributed by atoms with Crippen LogP contribution in [0.3, 0.4) is 0 Å². The maximum absolute atomic E-state index is 12.3. The summed E-state index contributed by atoms with van der Waals surface area (Å²) in [7, 11) is 0. The molecular formula is C20H25N3O2. The standard InChI is InChI=1S/C20H25N3O2/c1-13-19(16-4-2-3-5-17(16)22-13)14-8-10-23(11-9-14)18(24)12-21-20(25)15-6-7-15/h2-5,14-15,22H,6-12H2,1H3,(H,21,25). The molecule has 1 aliphatic carbocycles. The third-order valence-corrected chi connectivity index (χ3v) is 5.56. The lowest BCUT2D eigenvalue weighted by atomic mass is 9.87. The highest BCUT2D eigenvalue weighted by Crippen LogP contribution is 2.35. The van der Waals surface area contributed by atoms with Crippen LogP contribution >= 0.6 is 0 Å². The van der Waals surface area contributed by atoms with E-state index < -0.39 is 0 Å². The Morgan fingerprint density at radius 1 is 1.16 bits per heavy atom. The molecule has 2 heterocycles. The SMILES string of the molecule is Cc1[nH]c2ccccc2c1C1CCN(C(=O)CNC(=O)C2CC2)CC1. The Balaban J connectivity index is 1.36. The molecule has 2 aliphatic rings. The van der Waals surface area contributed by atoms with Gasteiger partial charge in [-0.1, -0.05) is 18.2 Å². The molecule has 2 amide bonds. The molecule has 25 heavy (non-hydrogen) atoms. The second kappa shape index (κ2) is 6.54. The molecule has 2 N–H and O–H groups in total. The number of hydrogen-bond acceptors (Lipinski definition) is 2. The smallest absolute Gasteiger partial charge is 0.241 e. The monoisotopic (exact) mass is 339 g/mol. The molecule has 0 radical (unpaired) electrons. The van der Waals surface area contributed by atoms with Crippen molar-refractivity contribution < 1.29 is 9.59 Å². The molecule has 132 valence electrons. The third-order valence-electron chi connectivity index (χ3n) is 5.56. The third kappa shape index (κ3) is 3.28. The van der Waals surface area contributed by atoms with Gasteiger partial charge in [-0.25, -0.2) is 0 Å². The van der Waals surface area contributed by atoms with Gasteiger partial charge in [0.05, 0.1) is 6.54 Å². The van der Waals surface area contributed by atoms with Gasteiger partial charge in [-0.2, -0.15) is 0 Å². The number of piperidine rings is 1. The number of aromatic amines is 1. The van der Waals surface area contributed by atoms with Crippen molar-refractivity contribution in [2.45, 2.75) is 38.5 Å². The Bertz CT molecular complexity index is 798. The number of rotatable bonds is 4. The quantitative estimate of drug-likeness (QED) is 0.899. The molecular weight excluding hydrogens is 314 g/mol. The number of carbonyl (C=O) groups is 2. The molecule has 1 aromatic heterocycles. The van der Waals surface area contributed by atoms with Crippen LogP contribution in [-0.4, -0.2) is 41.3 Å². The summed E-state index contributed by atoms with van der Waals surface area (Å²) < 4.78 is 0. The van der Waals surface area contributed by atoms with E-state index >= 15 is 0 Å². The maximum atomic E-state index is 12.3. The van der Waals surface area contributed by atoms with Crippen LogP contribution in [0.25, 0.3) is 10.9 Å². The normalized spacial score (nSPS) is 18.5.